The Balaban J connectivity index is 1.72. The van der Waals surface area contributed by atoms with E-state index in [-0.39, 0.29) is 0 Å². The van der Waals surface area contributed by atoms with Crippen LogP contribution in [-0.4, -0.2) is 13.2 Å². The predicted octanol–water partition coefficient (Wildman–Crippen LogP) is 12.4. The Kier molecular flexibility index (Phi) is 8.20. The molecule has 8 aromatic rings. The molecule has 2 heteroatoms. The van der Waals surface area contributed by atoms with Gasteiger partial charge in [0.2, 0.25) is 0 Å². The third-order valence-electron chi connectivity index (χ3n) is 8.56. The molecule has 2 bridgehead atoms. The second-order valence-corrected chi connectivity index (χ2v) is 13.0. The van der Waals surface area contributed by atoms with Crippen LogP contribution in [0.25, 0.3) is 64.6 Å². The van der Waals surface area contributed by atoms with Crippen molar-refractivity contribution in [2.45, 2.75) is 27.7 Å². The van der Waals surface area contributed by atoms with Gasteiger partial charge in [0.15, 0.2) is 0 Å². The van der Waals surface area contributed by atoms with E-state index in [1.54, 1.807) is 0 Å². The van der Waals surface area contributed by atoms with E-state index in [9.17, 15) is 0 Å². The van der Waals surface area contributed by atoms with Gasteiger partial charge in [0, 0.05) is 0 Å². The minimum absolute atomic E-state index is 0.448. The molecule has 0 amide bonds. The second kappa shape index (κ2) is 12.7. The van der Waals surface area contributed by atoms with Crippen molar-refractivity contribution >= 4 is 64.6 Å². The molecule has 0 aliphatic rings. The van der Waals surface area contributed by atoms with Crippen LogP contribution >= 0.6 is 0 Å². The smallest absolute Gasteiger partial charge is 0.119 e. The summed E-state index contributed by atoms with van der Waals surface area (Å²) in [5.74, 6) is 2.68. The van der Waals surface area contributed by atoms with Gasteiger partial charge in [-0.15, -0.1) is 0 Å². The maximum atomic E-state index is 6.24. The molecule has 0 unspecified atom stereocenters. The van der Waals surface area contributed by atoms with Gasteiger partial charge >= 0.3 is 0 Å². The Hall–Kier alpha value is -5.08. The molecule has 0 aromatic heterocycles. The lowest BCUT2D eigenvalue weighted by molar-refractivity contribution is 0.271. The molecule has 46 heavy (non-hydrogen) atoms. The van der Waals surface area contributed by atoms with E-state index in [2.05, 4.69) is 161 Å². The van der Waals surface area contributed by atoms with E-state index in [4.69, 9.17) is 9.47 Å². The Morgan fingerprint density at radius 1 is 0.370 bits per heavy atom. The highest BCUT2D eigenvalue weighted by Gasteiger charge is 2.13. The summed E-state index contributed by atoms with van der Waals surface area (Å²) < 4.78 is 12.5. The fourth-order valence-corrected chi connectivity index (χ4v) is 6.40. The summed E-state index contributed by atoms with van der Waals surface area (Å²) in [5.41, 5.74) is 0. The first-order chi connectivity index (χ1) is 22.5. The van der Waals surface area contributed by atoms with Crippen LogP contribution in [-0.2, 0) is 0 Å². The number of rotatable bonds is 6. The van der Waals surface area contributed by atoms with Crippen LogP contribution in [0.2, 0.25) is 0 Å². The monoisotopic (exact) mass is 600 g/mol. The van der Waals surface area contributed by atoms with Gasteiger partial charge in [-0.3, -0.25) is 0 Å². The lowest BCUT2D eigenvalue weighted by atomic mass is 9.91. The van der Waals surface area contributed by atoms with Crippen molar-refractivity contribution in [2.75, 3.05) is 13.2 Å². The summed E-state index contributed by atoms with van der Waals surface area (Å²) in [5, 5.41) is 14.4. The summed E-state index contributed by atoms with van der Waals surface area (Å²) in [4.78, 5) is 0. The van der Waals surface area contributed by atoms with Crippen LogP contribution in [0.3, 0.4) is 0 Å². The third-order valence-corrected chi connectivity index (χ3v) is 8.56. The first-order valence-electron chi connectivity index (χ1n) is 16.4. The summed E-state index contributed by atoms with van der Waals surface area (Å²) in [7, 11) is 0. The fourth-order valence-electron chi connectivity index (χ4n) is 6.40. The van der Waals surface area contributed by atoms with Crippen molar-refractivity contribution in [3.63, 3.8) is 0 Å². The largest absolute Gasteiger partial charge is 0.493 e. The number of hydrogen-bond donors (Lipinski definition) is 0. The Morgan fingerprint density at radius 3 is 1.09 bits per heavy atom. The highest BCUT2D eigenvalue weighted by atomic mass is 16.5. The lowest BCUT2D eigenvalue weighted by Crippen LogP contribution is -2.04. The molecule has 8 rings (SSSR count). The van der Waals surface area contributed by atoms with Crippen LogP contribution < -0.4 is 9.47 Å². The van der Waals surface area contributed by atoms with E-state index in [0.717, 1.165) is 33.0 Å². The number of ether oxygens (including phenoxy) is 2. The van der Waals surface area contributed by atoms with Gasteiger partial charge in [0.05, 0.1) is 13.2 Å². The van der Waals surface area contributed by atoms with Crippen molar-refractivity contribution in [2.24, 2.45) is 11.8 Å². The highest BCUT2D eigenvalue weighted by molar-refractivity contribution is 6.34. The van der Waals surface area contributed by atoms with Gasteiger partial charge in [0.1, 0.15) is 11.5 Å². The Labute approximate surface area is 271 Å². The van der Waals surface area contributed by atoms with Gasteiger partial charge in [-0.25, -0.2) is 0 Å². The van der Waals surface area contributed by atoms with E-state index in [0.29, 0.717) is 25.0 Å². The van der Waals surface area contributed by atoms with Crippen molar-refractivity contribution in [1.82, 2.24) is 0 Å². The molecule has 0 aliphatic carbocycles. The number of fused-ring (bicyclic) bond motifs is 2. The molecule has 8 aromatic carbocycles. The fraction of sp³-hybridized carbons (Fsp3) is 0.182. The Morgan fingerprint density at radius 2 is 0.717 bits per heavy atom. The molecule has 2 nitrogen and oxygen atoms in total. The summed E-state index contributed by atoms with van der Waals surface area (Å²) >= 11 is 0. The van der Waals surface area contributed by atoms with Gasteiger partial charge in [0.25, 0.3) is 0 Å². The van der Waals surface area contributed by atoms with Gasteiger partial charge in [-0.05, 0) is 101 Å². The van der Waals surface area contributed by atoms with Crippen molar-refractivity contribution in [1.29, 1.82) is 0 Å². The minimum atomic E-state index is 0.448. The average molecular weight is 601 g/mol. The summed E-state index contributed by atoms with van der Waals surface area (Å²) in [6, 6.07) is 48.4. The zero-order valence-electron chi connectivity index (χ0n) is 27.1. The molecule has 228 valence electrons. The molecule has 0 N–H and O–H groups in total. The minimum Gasteiger partial charge on any atom is -0.493 e. The lowest BCUT2D eigenvalue weighted by Gasteiger charge is -2.14. The van der Waals surface area contributed by atoms with E-state index < -0.39 is 0 Å². The first-order valence-corrected chi connectivity index (χ1v) is 16.4. The normalized spacial score (nSPS) is 11.6. The Bertz CT molecular complexity index is 2110. The molecule has 0 spiro atoms. The van der Waals surface area contributed by atoms with E-state index in [1.165, 1.54) is 43.1 Å². The average Bonchev–Trinajstić information content (AvgIpc) is 3.07. The van der Waals surface area contributed by atoms with Crippen LogP contribution in [0.15, 0.2) is 133 Å². The molecule has 0 heterocycles. The maximum absolute atomic E-state index is 6.24. The molecular formula is C44H40O2. The van der Waals surface area contributed by atoms with Gasteiger partial charge < -0.3 is 9.47 Å². The van der Waals surface area contributed by atoms with Crippen molar-refractivity contribution in [3.05, 3.63) is 133 Å². The molecule has 0 saturated heterocycles. The van der Waals surface area contributed by atoms with Crippen LogP contribution in [0, 0.1) is 11.8 Å². The third kappa shape index (κ3) is 5.84. The first kappa shape index (κ1) is 29.6. The topological polar surface area (TPSA) is 18.5 Å². The molecule has 0 aliphatic heterocycles. The maximum Gasteiger partial charge on any atom is 0.119 e. The molecule has 0 radical (unpaired) electrons. The highest BCUT2D eigenvalue weighted by Crippen LogP contribution is 2.40. The summed E-state index contributed by atoms with van der Waals surface area (Å²) in [6.07, 6.45) is 0. The predicted molar refractivity (Wildman–Crippen MR) is 199 cm³/mol. The van der Waals surface area contributed by atoms with Crippen molar-refractivity contribution in [3.8, 4) is 11.5 Å². The van der Waals surface area contributed by atoms with Gasteiger partial charge in [-0.2, -0.15) is 0 Å². The molecule has 0 fully saturated rings. The van der Waals surface area contributed by atoms with Crippen LogP contribution in [0.5, 0.6) is 11.5 Å². The van der Waals surface area contributed by atoms with Crippen molar-refractivity contribution < 1.29 is 9.47 Å². The second-order valence-electron chi connectivity index (χ2n) is 13.0. The van der Waals surface area contributed by atoms with E-state index >= 15 is 0 Å². The SMILES string of the molecule is CC(C)COc1ccc2c(ccc3ccccc3ccc3cc(OCC(C)C)ccc3c3c4ccccc4c2c2ccccc23)c1. The molecule has 0 atom stereocenters. The quantitative estimate of drug-likeness (QED) is 0.177. The van der Waals surface area contributed by atoms with E-state index in [1.807, 2.05) is 0 Å². The standard InChI is InChI=1S/C44H40O2/c1-29(2)27-45-35-21-23-37-33(25-35)19-17-31-11-5-6-12-32(31)18-20-34-26-36(46-28-30(3)4)22-24-38(34)44-41-15-9-7-13-39(41)43(37)40-14-8-10-16-42(40)44/h5-26,29-30H,27-28H2,1-4H3. The van der Waals surface area contributed by atoms with Crippen LogP contribution in [0.4, 0.5) is 0 Å². The number of benzene rings is 6. The zero-order valence-corrected chi connectivity index (χ0v) is 27.1. The molecule has 0 saturated carbocycles. The van der Waals surface area contributed by atoms with Crippen LogP contribution in [0.1, 0.15) is 27.7 Å². The molecular weight excluding hydrogens is 560 g/mol. The number of hydrogen-bond acceptors (Lipinski definition) is 2. The van der Waals surface area contributed by atoms with Gasteiger partial charge in [-0.1, -0.05) is 137 Å². The summed E-state index contributed by atoms with van der Waals surface area (Å²) in [6.45, 7) is 10.1. The zero-order chi connectivity index (χ0) is 31.6.